The lowest BCUT2D eigenvalue weighted by Gasteiger charge is -2.34. The molecule has 2 saturated heterocycles. The van der Waals surface area contributed by atoms with Gasteiger partial charge in [-0.15, -0.1) is 11.8 Å². The molecule has 4 amide bonds. The van der Waals surface area contributed by atoms with Crippen molar-refractivity contribution in [1.29, 1.82) is 0 Å². The van der Waals surface area contributed by atoms with E-state index in [0.717, 1.165) is 34.2 Å². The van der Waals surface area contributed by atoms with Gasteiger partial charge in [-0.3, -0.25) is 19.4 Å². The number of benzene rings is 2. The molecule has 0 spiro atoms. The number of fused-ring (bicyclic) bond motifs is 1. The van der Waals surface area contributed by atoms with Gasteiger partial charge < -0.3 is 9.88 Å². The minimum Gasteiger partial charge on any atom is -0.348 e. The van der Waals surface area contributed by atoms with Crippen molar-refractivity contribution in [3.8, 4) is 0 Å². The number of hydrogen-bond acceptors (Lipinski definition) is 6. The number of aromatic nitrogens is 2. The van der Waals surface area contributed by atoms with E-state index >= 15 is 0 Å². The van der Waals surface area contributed by atoms with Crippen molar-refractivity contribution in [1.82, 2.24) is 24.7 Å². The number of aromatic amines is 1. The normalized spacial score (nSPS) is 22.6. The summed E-state index contributed by atoms with van der Waals surface area (Å²) in [6, 6.07) is 13.2. The molecule has 1 N–H and O–H groups in total. The van der Waals surface area contributed by atoms with Crippen LogP contribution in [-0.4, -0.2) is 78.5 Å². The van der Waals surface area contributed by atoms with E-state index in [0.29, 0.717) is 19.4 Å². The predicted molar refractivity (Wildman–Crippen MR) is 153 cm³/mol. The van der Waals surface area contributed by atoms with Crippen LogP contribution in [0.25, 0.3) is 10.8 Å². The van der Waals surface area contributed by atoms with Gasteiger partial charge in [0, 0.05) is 36.0 Å². The summed E-state index contributed by atoms with van der Waals surface area (Å²) in [6.45, 7) is 4.54. The Morgan fingerprint density at radius 2 is 2.03 bits per heavy atom. The molecule has 0 radical (unpaired) electrons. The minimum absolute atomic E-state index is 0.0257. The smallest absolute Gasteiger partial charge is 0.328 e. The highest BCUT2D eigenvalue weighted by atomic mass is 32.2. The van der Waals surface area contributed by atoms with Gasteiger partial charge in [0.25, 0.3) is 5.91 Å². The quantitative estimate of drug-likeness (QED) is 0.306. The van der Waals surface area contributed by atoms with Gasteiger partial charge in [0.1, 0.15) is 12.1 Å². The van der Waals surface area contributed by atoms with Gasteiger partial charge in [0.05, 0.1) is 11.7 Å². The molecule has 3 heterocycles. The van der Waals surface area contributed by atoms with Crippen LogP contribution in [0.4, 0.5) is 4.79 Å². The largest absolute Gasteiger partial charge is 0.348 e. The highest BCUT2D eigenvalue weighted by Crippen LogP contribution is 2.41. The number of H-pyrrole nitrogens is 1. The Balaban J connectivity index is 1.47. The zero-order chi connectivity index (χ0) is 26.9. The van der Waals surface area contributed by atoms with Crippen molar-refractivity contribution < 1.29 is 14.4 Å². The average molecular weight is 552 g/mol. The van der Waals surface area contributed by atoms with Crippen LogP contribution in [0.3, 0.4) is 0 Å². The van der Waals surface area contributed by atoms with E-state index in [1.807, 2.05) is 54.3 Å². The summed E-state index contributed by atoms with van der Waals surface area (Å²) in [7, 11) is 0. The Morgan fingerprint density at radius 3 is 2.79 bits per heavy atom. The summed E-state index contributed by atoms with van der Waals surface area (Å²) in [5.74, 6) is 0.415. The highest BCUT2D eigenvalue weighted by molar-refractivity contribution is 8.00. The summed E-state index contributed by atoms with van der Waals surface area (Å²) >= 11 is 6.27. The first kappa shape index (κ1) is 26.6. The van der Waals surface area contributed by atoms with E-state index in [2.05, 4.69) is 22.6 Å². The van der Waals surface area contributed by atoms with E-state index < -0.39 is 11.6 Å². The molecule has 2 aliphatic rings. The molecule has 2 aliphatic heterocycles. The van der Waals surface area contributed by atoms with Crippen molar-refractivity contribution >= 4 is 53.0 Å². The number of thioether (sulfide) groups is 1. The number of carbonyl (C=O) groups is 3. The van der Waals surface area contributed by atoms with Gasteiger partial charge in [-0.05, 0) is 42.5 Å². The van der Waals surface area contributed by atoms with Crippen molar-refractivity contribution in [2.45, 2.75) is 49.3 Å². The van der Waals surface area contributed by atoms with E-state index in [1.54, 1.807) is 31.2 Å². The van der Waals surface area contributed by atoms with Gasteiger partial charge in [-0.2, -0.15) is 12.6 Å². The van der Waals surface area contributed by atoms with Gasteiger partial charge in [-0.25, -0.2) is 9.78 Å². The number of carbonyl (C=O) groups excluding carboxylic acids is 3. The van der Waals surface area contributed by atoms with Crippen LogP contribution >= 0.6 is 24.4 Å². The van der Waals surface area contributed by atoms with E-state index in [4.69, 9.17) is 0 Å². The number of thiol groups is 1. The van der Waals surface area contributed by atoms with Crippen molar-refractivity contribution in [3.05, 3.63) is 66.2 Å². The number of imidazole rings is 1. The summed E-state index contributed by atoms with van der Waals surface area (Å²) in [5.41, 5.74) is 0.374. The number of amides is 4. The maximum atomic E-state index is 14.1. The average Bonchev–Trinajstić information content (AvgIpc) is 3.63. The molecule has 8 nitrogen and oxygen atoms in total. The monoisotopic (exact) mass is 551 g/mol. The Kier molecular flexibility index (Phi) is 7.72. The number of urea groups is 1. The molecule has 0 saturated carbocycles. The molecular weight excluding hydrogens is 518 g/mol. The third-order valence-corrected chi connectivity index (χ3v) is 8.97. The second-order valence-electron chi connectivity index (χ2n) is 10.1. The highest BCUT2D eigenvalue weighted by Gasteiger charge is 2.56. The Labute approximate surface area is 232 Å². The molecule has 2 fully saturated rings. The summed E-state index contributed by atoms with van der Waals surface area (Å²) < 4.78 is 0. The van der Waals surface area contributed by atoms with Gasteiger partial charge in [-0.1, -0.05) is 49.4 Å². The standard InChI is InChI=1S/C28H33N5O3S2/c1-19(37)15-25-31(13-14-38-25)24(34)17-33-27(36)32(12-6-9-21-16-29-18-30-21)26(35)28(33,2)23-11-5-8-20-7-3-4-10-22(20)23/h3-5,7-8,10-11,16,18-19,25,37H,6,9,12-15,17H2,1-2H3,(H,29,30). The van der Waals surface area contributed by atoms with Crippen LogP contribution in [0.2, 0.25) is 0 Å². The molecule has 3 unspecified atom stereocenters. The Morgan fingerprint density at radius 1 is 1.24 bits per heavy atom. The van der Waals surface area contributed by atoms with Crippen LogP contribution in [0.5, 0.6) is 0 Å². The number of rotatable bonds is 9. The van der Waals surface area contributed by atoms with Gasteiger partial charge in [0.2, 0.25) is 5.91 Å². The number of imide groups is 1. The summed E-state index contributed by atoms with van der Waals surface area (Å²) in [6.07, 6.45) is 5.39. The lowest BCUT2D eigenvalue weighted by molar-refractivity contribution is -0.136. The first-order valence-electron chi connectivity index (χ1n) is 13.0. The van der Waals surface area contributed by atoms with Gasteiger partial charge in [0.15, 0.2) is 0 Å². The van der Waals surface area contributed by atoms with Gasteiger partial charge >= 0.3 is 6.03 Å². The lowest BCUT2D eigenvalue weighted by atomic mass is 9.86. The zero-order valence-corrected chi connectivity index (χ0v) is 23.4. The number of hydrogen-bond donors (Lipinski definition) is 2. The third kappa shape index (κ3) is 4.91. The first-order chi connectivity index (χ1) is 18.3. The van der Waals surface area contributed by atoms with Crippen molar-refractivity contribution in [3.63, 3.8) is 0 Å². The molecule has 3 aromatic rings. The zero-order valence-electron chi connectivity index (χ0n) is 21.7. The van der Waals surface area contributed by atoms with E-state index in [9.17, 15) is 14.4 Å². The van der Waals surface area contributed by atoms with Crippen LogP contribution < -0.4 is 0 Å². The molecule has 0 aliphatic carbocycles. The SMILES string of the molecule is CC(S)CC1SCCN1C(=O)CN1C(=O)N(CCCc2cnc[nH]2)C(=O)C1(C)c1cccc2ccccc12. The first-order valence-corrected chi connectivity index (χ1v) is 14.6. The maximum absolute atomic E-state index is 14.1. The van der Waals surface area contributed by atoms with E-state index in [1.165, 1.54) is 9.80 Å². The van der Waals surface area contributed by atoms with Crippen LogP contribution in [0.15, 0.2) is 55.0 Å². The predicted octanol–water partition coefficient (Wildman–Crippen LogP) is 4.29. The summed E-state index contributed by atoms with van der Waals surface area (Å²) in [5, 5.41) is 2.06. The minimum atomic E-state index is -1.30. The molecule has 0 bridgehead atoms. The number of aryl methyl sites for hydroxylation is 1. The molecule has 200 valence electrons. The Bertz CT molecular complexity index is 1330. The van der Waals surface area contributed by atoms with Crippen molar-refractivity contribution in [2.24, 2.45) is 0 Å². The fourth-order valence-corrected chi connectivity index (χ4v) is 7.25. The van der Waals surface area contributed by atoms with Crippen LogP contribution in [0, 0.1) is 0 Å². The molecule has 3 atom stereocenters. The molecule has 5 rings (SSSR count). The number of nitrogens with one attached hydrogen (secondary N) is 1. The topological polar surface area (TPSA) is 89.6 Å². The van der Waals surface area contributed by atoms with Crippen molar-refractivity contribution in [2.75, 3.05) is 25.4 Å². The molecule has 38 heavy (non-hydrogen) atoms. The molecule has 2 aromatic carbocycles. The molecule has 10 heteroatoms. The number of nitrogens with zero attached hydrogens (tertiary/aromatic N) is 4. The fourth-order valence-electron chi connectivity index (χ4n) is 5.50. The lowest BCUT2D eigenvalue weighted by Crippen LogP contribution is -2.50. The fraction of sp³-hybridized carbons (Fsp3) is 0.429. The molecule has 1 aromatic heterocycles. The summed E-state index contributed by atoms with van der Waals surface area (Å²) in [4.78, 5) is 53.4. The van der Waals surface area contributed by atoms with Crippen LogP contribution in [-0.2, 0) is 21.5 Å². The Hall–Kier alpha value is -2.98. The second kappa shape index (κ2) is 11.0. The maximum Gasteiger partial charge on any atom is 0.328 e. The van der Waals surface area contributed by atoms with Crippen LogP contribution in [0.1, 0.15) is 37.9 Å². The third-order valence-electron chi connectivity index (χ3n) is 7.51. The van der Waals surface area contributed by atoms with E-state index in [-0.39, 0.29) is 35.5 Å². The second-order valence-corrected chi connectivity index (χ2v) is 12.3. The molecular formula is C28H33N5O3S2.